The van der Waals surface area contributed by atoms with Crippen LogP contribution in [0.15, 0.2) is 0 Å². The number of Topliss-reactive ketones (excluding diaryl/α,β-unsaturated/α-hetero) is 1. The van der Waals surface area contributed by atoms with E-state index in [2.05, 4.69) is 41.5 Å². The molecule has 0 aromatic heterocycles. The third kappa shape index (κ3) is 1.99. The van der Waals surface area contributed by atoms with Crippen LogP contribution in [0.25, 0.3) is 0 Å². The van der Waals surface area contributed by atoms with Crippen molar-refractivity contribution in [1.29, 1.82) is 0 Å². The van der Waals surface area contributed by atoms with Crippen molar-refractivity contribution in [3.63, 3.8) is 0 Å². The monoisotopic (exact) mass is 360 g/mol. The third-order valence-electron chi connectivity index (χ3n) is 10.1. The molecule has 4 rings (SSSR count). The topological polar surface area (TPSA) is 17.1 Å². The summed E-state index contributed by atoms with van der Waals surface area (Å²) in [6.45, 7) is 15.0. The maximum Gasteiger partial charge on any atom is 0.146 e. The van der Waals surface area contributed by atoms with Gasteiger partial charge in [0.1, 0.15) is 5.78 Å². The van der Waals surface area contributed by atoms with Crippen LogP contribution in [0.2, 0.25) is 22.7 Å². The highest BCUT2D eigenvalue weighted by atomic mass is 28.3. The fraction of sp³-hybridized carbons (Fsp3) is 0.957. The smallest absolute Gasteiger partial charge is 0.146 e. The second-order valence-corrected chi connectivity index (χ2v) is 17.3. The first-order valence-corrected chi connectivity index (χ1v) is 13.7. The van der Waals surface area contributed by atoms with Crippen LogP contribution in [0.3, 0.4) is 0 Å². The van der Waals surface area contributed by atoms with Crippen LogP contribution in [0.1, 0.15) is 86.5 Å². The maximum absolute atomic E-state index is 13.8. The van der Waals surface area contributed by atoms with E-state index in [9.17, 15) is 4.79 Å². The zero-order valence-electron chi connectivity index (χ0n) is 17.5. The van der Waals surface area contributed by atoms with Gasteiger partial charge in [-0.15, -0.1) is 0 Å². The van der Waals surface area contributed by atoms with Gasteiger partial charge in [-0.25, -0.2) is 0 Å². The number of carbonyl (C=O) groups is 1. The lowest BCUT2D eigenvalue weighted by Crippen LogP contribution is -2.49. The Bertz CT molecular complexity index is 543. The minimum atomic E-state index is -1.42. The average molecular weight is 361 g/mol. The molecule has 4 saturated carbocycles. The van der Waals surface area contributed by atoms with E-state index in [4.69, 9.17) is 0 Å². The first-order valence-electron chi connectivity index (χ1n) is 11.3. The molecule has 4 fully saturated rings. The van der Waals surface area contributed by atoms with Gasteiger partial charge in [0.25, 0.3) is 0 Å². The van der Waals surface area contributed by atoms with E-state index < -0.39 is 8.07 Å². The Morgan fingerprint density at radius 1 is 0.920 bits per heavy atom. The zero-order valence-corrected chi connectivity index (χ0v) is 18.5. The van der Waals surface area contributed by atoms with Crippen LogP contribution in [0, 0.1) is 28.6 Å². The quantitative estimate of drug-likeness (QED) is 0.490. The Hall–Kier alpha value is -0.113. The predicted octanol–water partition coefficient (Wildman–Crippen LogP) is 6.84. The van der Waals surface area contributed by atoms with E-state index in [0.29, 0.717) is 0 Å². The number of hydrogen-bond donors (Lipinski definition) is 0. The lowest BCUT2D eigenvalue weighted by Gasteiger charge is -2.49. The first kappa shape index (κ1) is 18.3. The number of rotatable bonds is 5. The van der Waals surface area contributed by atoms with Crippen molar-refractivity contribution in [3.05, 3.63) is 0 Å². The summed E-state index contributed by atoms with van der Waals surface area (Å²) in [6.07, 6.45) is 9.17. The molecule has 0 amide bonds. The van der Waals surface area contributed by atoms with Gasteiger partial charge in [-0.1, -0.05) is 77.1 Å². The normalized spacial score (nSPS) is 42.9. The number of ketones is 1. The summed E-state index contributed by atoms with van der Waals surface area (Å²) >= 11 is 0. The predicted molar refractivity (Wildman–Crippen MR) is 109 cm³/mol. The number of carbonyl (C=O) groups excluding carboxylic acids is 1. The Morgan fingerprint density at radius 3 is 2.08 bits per heavy atom. The summed E-state index contributed by atoms with van der Waals surface area (Å²) in [6, 6.07) is 1.44. The van der Waals surface area contributed by atoms with Gasteiger partial charge >= 0.3 is 0 Å². The molecule has 5 atom stereocenters. The van der Waals surface area contributed by atoms with Gasteiger partial charge in [0.2, 0.25) is 0 Å². The van der Waals surface area contributed by atoms with Gasteiger partial charge in [-0.05, 0) is 49.9 Å². The Labute approximate surface area is 156 Å². The summed E-state index contributed by atoms with van der Waals surface area (Å²) in [5.74, 6) is 3.08. The van der Waals surface area contributed by atoms with Gasteiger partial charge in [-0.3, -0.25) is 4.79 Å². The van der Waals surface area contributed by atoms with Crippen molar-refractivity contribution in [3.8, 4) is 0 Å². The summed E-state index contributed by atoms with van der Waals surface area (Å²) in [7, 11) is -1.42. The van der Waals surface area contributed by atoms with Gasteiger partial charge in [0, 0.05) is 10.8 Å². The second kappa shape index (κ2) is 5.69. The molecule has 2 heteroatoms. The van der Waals surface area contributed by atoms with Gasteiger partial charge in [0.15, 0.2) is 0 Å². The summed E-state index contributed by atoms with van der Waals surface area (Å²) in [4.78, 5) is 13.8. The molecular weight excluding hydrogens is 320 g/mol. The Morgan fingerprint density at radius 2 is 1.48 bits per heavy atom. The number of fused-ring (bicyclic) bond motifs is 1. The van der Waals surface area contributed by atoms with Crippen LogP contribution in [-0.4, -0.2) is 13.9 Å². The molecule has 0 aromatic rings. The lowest BCUT2D eigenvalue weighted by molar-refractivity contribution is -0.130. The van der Waals surface area contributed by atoms with Crippen LogP contribution in [-0.2, 0) is 4.79 Å². The third-order valence-corrected chi connectivity index (χ3v) is 17.8. The molecule has 0 saturated heterocycles. The standard InChI is InChI=1S/C23H40OSi/c1-15(2)25(16(3)4,17(5)6)14-18-13-22-11-7-9-19(22)20-10-8-12-23(18,20)21(22)24/h15-20H,7-14H2,1-6H3/t18-,19?,20+,22-,23+/m0/s1. The molecule has 2 bridgehead atoms. The van der Waals surface area contributed by atoms with Crippen molar-refractivity contribution in [1.82, 2.24) is 0 Å². The number of hydrogen-bond acceptors (Lipinski definition) is 1. The highest BCUT2D eigenvalue weighted by Crippen LogP contribution is 2.77. The minimum absolute atomic E-state index is 0.141. The fourth-order valence-electron chi connectivity index (χ4n) is 9.38. The van der Waals surface area contributed by atoms with Crippen molar-refractivity contribution in [2.24, 2.45) is 28.6 Å². The van der Waals surface area contributed by atoms with Crippen LogP contribution < -0.4 is 0 Å². The lowest BCUT2D eigenvalue weighted by atomic mass is 9.64. The molecule has 1 nitrogen and oxygen atoms in total. The molecule has 0 aromatic carbocycles. The molecule has 0 N–H and O–H groups in total. The Balaban J connectivity index is 1.74. The molecule has 2 spiro atoms. The molecule has 4 aliphatic rings. The van der Waals surface area contributed by atoms with Crippen molar-refractivity contribution in [2.75, 3.05) is 0 Å². The molecular formula is C23H40OSi. The van der Waals surface area contributed by atoms with Crippen molar-refractivity contribution in [2.45, 2.75) is 109 Å². The SMILES string of the molecule is CC(C)[Si](C[C@@H]1C[C@@]23CCCC2[C@H]2CCC[C@@]12C3=O)(C(C)C)C(C)C. The maximum atomic E-state index is 13.8. The molecule has 0 radical (unpaired) electrons. The van der Waals surface area contributed by atoms with E-state index in [1.165, 1.54) is 51.0 Å². The minimum Gasteiger partial charge on any atom is -0.298 e. The molecule has 0 aliphatic heterocycles. The average Bonchev–Trinajstić information content (AvgIpc) is 3.22. The molecule has 1 unspecified atom stereocenters. The van der Waals surface area contributed by atoms with E-state index in [1.807, 2.05) is 0 Å². The fourth-order valence-corrected chi connectivity index (χ4v) is 16.2. The van der Waals surface area contributed by atoms with E-state index >= 15 is 0 Å². The summed E-state index contributed by atoms with van der Waals surface area (Å²) in [5, 5.41) is 0. The van der Waals surface area contributed by atoms with E-state index in [1.54, 1.807) is 0 Å². The highest BCUT2D eigenvalue weighted by molar-refractivity contribution is 6.83. The highest BCUT2D eigenvalue weighted by Gasteiger charge is 2.77. The van der Waals surface area contributed by atoms with Crippen molar-refractivity contribution < 1.29 is 4.79 Å². The van der Waals surface area contributed by atoms with Crippen LogP contribution in [0.5, 0.6) is 0 Å². The molecule has 142 valence electrons. The first-order chi connectivity index (χ1) is 11.7. The van der Waals surface area contributed by atoms with Crippen LogP contribution in [0.4, 0.5) is 0 Å². The van der Waals surface area contributed by atoms with Crippen LogP contribution >= 0.6 is 0 Å². The molecule has 4 aliphatic carbocycles. The van der Waals surface area contributed by atoms with E-state index in [0.717, 1.165) is 40.2 Å². The largest absolute Gasteiger partial charge is 0.298 e. The molecule has 0 heterocycles. The van der Waals surface area contributed by atoms with E-state index in [-0.39, 0.29) is 10.8 Å². The van der Waals surface area contributed by atoms with Crippen molar-refractivity contribution >= 4 is 13.9 Å². The molecule has 25 heavy (non-hydrogen) atoms. The Kier molecular flexibility index (Phi) is 4.16. The zero-order chi connectivity index (χ0) is 18.2. The van der Waals surface area contributed by atoms with Gasteiger partial charge in [-0.2, -0.15) is 0 Å². The van der Waals surface area contributed by atoms with Gasteiger partial charge < -0.3 is 0 Å². The second-order valence-electron chi connectivity index (χ2n) is 11.2. The summed E-state index contributed by atoms with van der Waals surface area (Å²) < 4.78 is 0. The van der Waals surface area contributed by atoms with Gasteiger partial charge in [0.05, 0.1) is 8.07 Å². The summed E-state index contributed by atoms with van der Waals surface area (Å²) in [5.41, 5.74) is 2.78.